The predicted octanol–water partition coefficient (Wildman–Crippen LogP) is 2.80. The van der Waals surface area contributed by atoms with Crippen molar-refractivity contribution in [3.8, 4) is 0 Å². The van der Waals surface area contributed by atoms with Crippen molar-refractivity contribution in [2.75, 3.05) is 0 Å². The average molecular weight is 230 g/mol. The van der Waals surface area contributed by atoms with Gasteiger partial charge in [0.15, 0.2) is 0 Å². The van der Waals surface area contributed by atoms with Crippen LogP contribution in [0.2, 0.25) is 0 Å². The van der Waals surface area contributed by atoms with E-state index in [9.17, 15) is 0 Å². The predicted molar refractivity (Wildman–Crippen MR) is 70.2 cm³/mol. The molecule has 0 heterocycles. The molecule has 2 aliphatic rings. The van der Waals surface area contributed by atoms with Crippen molar-refractivity contribution in [3.05, 3.63) is 35.4 Å². The van der Waals surface area contributed by atoms with Crippen molar-refractivity contribution in [3.63, 3.8) is 0 Å². The number of aryl methyl sites for hydroxylation is 1. The van der Waals surface area contributed by atoms with Crippen LogP contribution in [0.4, 0.5) is 0 Å². The van der Waals surface area contributed by atoms with Gasteiger partial charge >= 0.3 is 0 Å². The maximum Gasteiger partial charge on any atom is 0.0488 e. The maximum atomic E-state index is 5.77. The van der Waals surface area contributed by atoms with Crippen molar-refractivity contribution in [2.24, 2.45) is 23.6 Å². The fourth-order valence-corrected chi connectivity index (χ4v) is 3.50. The highest BCUT2D eigenvalue weighted by molar-refractivity contribution is 5.26. The third kappa shape index (κ3) is 2.12. The van der Waals surface area contributed by atoms with Crippen molar-refractivity contribution in [1.29, 1.82) is 0 Å². The molecule has 3 N–H and O–H groups in total. The summed E-state index contributed by atoms with van der Waals surface area (Å²) < 4.78 is 0. The van der Waals surface area contributed by atoms with Crippen LogP contribution in [0, 0.1) is 17.8 Å². The number of nitrogens with one attached hydrogen (secondary N) is 1. The summed E-state index contributed by atoms with van der Waals surface area (Å²) in [6.07, 6.45) is 5.32. The normalized spacial score (nSPS) is 32.2. The first-order valence-electron chi connectivity index (χ1n) is 6.86. The molecule has 0 saturated heterocycles. The van der Waals surface area contributed by atoms with Gasteiger partial charge in [0.1, 0.15) is 0 Å². The summed E-state index contributed by atoms with van der Waals surface area (Å²) in [5, 5.41) is 0. The van der Waals surface area contributed by atoms with E-state index in [0.717, 1.165) is 24.2 Å². The van der Waals surface area contributed by atoms with Crippen LogP contribution in [-0.4, -0.2) is 0 Å². The first-order chi connectivity index (χ1) is 8.31. The third-order valence-corrected chi connectivity index (χ3v) is 4.68. The molecule has 2 saturated carbocycles. The quantitative estimate of drug-likeness (QED) is 0.616. The van der Waals surface area contributed by atoms with Gasteiger partial charge in [0.2, 0.25) is 0 Å². The summed E-state index contributed by atoms with van der Waals surface area (Å²) in [5.41, 5.74) is 5.80. The molecule has 3 rings (SSSR count). The number of hydrogen-bond acceptors (Lipinski definition) is 2. The second-order valence-corrected chi connectivity index (χ2v) is 5.73. The molecule has 92 valence electrons. The van der Waals surface area contributed by atoms with Crippen LogP contribution in [0.25, 0.3) is 0 Å². The number of benzene rings is 1. The fraction of sp³-hybridized carbons (Fsp3) is 0.600. The zero-order chi connectivity index (χ0) is 11.8. The van der Waals surface area contributed by atoms with E-state index in [1.807, 2.05) is 0 Å². The van der Waals surface area contributed by atoms with Crippen LogP contribution >= 0.6 is 0 Å². The monoisotopic (exact) mass is 230 g/mol. The second-order valence-electron chi connectivity index (χ2n) is 5.73. The molecule has 1 aromatic rings. The molecule has 1 aromatic carbocycles. The molecule has 0 spiro atoms. The largest absolute Gasteiger partial charge is 0.271 e. The maximum absolute atomic E-state index is 5.77. The number of rotatable bonds is 4. The first-order valence-corrected chi connectivity index (χ1v) is 6.86. The van der Waals surface area contributed by atoms with Crippen LogP contribution in [-0.2, 0) is 6.42 Å². The van der Waals surface area contributed by atoms with E-state index < -0.39 is 0 Å². The topological polar surface area (TPSA) is 38.0 Å². The molecule has 0 aromatic heterocycles. The Morgan fingerprint density at radius 1 is 1.18 bits per heavy atom. The fourth-order valence-electron chi connectivity index (χ4n) is 3.50. The van der Waals surface area contributed by atoms with Gasteiger partial charge in [-0.2, -0.15) is 0 Å². The van der Waals surface area contributed by atoms with Gasteiger partial charge in [0, 0.05) is 6.04 Å². The lowest BCUT2D eigenvalue weighted by Crippen LogP contribution is -2.33. The van der Waals surface area contributed by atoms with E-state index in [-0.39, 0.29) is 0 Å². The Labute approximate surface area is 104 Å². The molecule has 0 radical (unpaired) electrons. The molecule has 3 unspecified atom stereocenters. The lowest BCUT2D eigenvalue weighted by molar-refractivity contribution is 0.345. The van der Waals surface area contributed by atoms with E-state index in [2.05, 4.69) is 36.6 Å². The van der Waals surface area contributed by atoms with Gasteiger partial charge < -0.3 is 0 Å². The Kier molecular flexibility index (Phi) is 2.93. The van der Waals surface area contributed by atoms with Crippen LogP contribution in [0.5, 0.6) is 0 Å². The summed E-state index contributed by atoms with van der Waals surface area (Å²) in [7, 11) is 0. The lowest BCUT2D eigenvalue weighted by atomic mass is 9.89. The highest BCUT2D eigenvalue weighted by Gasteiger charge is 2.47. The number of nitrogens with two attached hydrogens (primary N) is 1. The Morgan fingerprint density at radius 3 is 2.35 bits per heavy atom. The zero-order valence-corrected chi connectivity index (χ0v) is 10.5. The Bertz CT molecular complexity index is 374. The molecule has 2 aliphatic carbocycles. The summed E-state index contributed by atoms with van der Waals surface area (Å²) >= 11 is 0. The second kappa shape index (κ2) is 4.43. The summed E-state index contributed by atoms with van der Waals surface area (Å²) in [6.45, 7) is 2.19. The highest BCUT2D eigenvalue weighted by atomic mass is 15.2. The summed E-state index contributed by atoms with van der Waals surface area (Å²) in [5.74, 6) is 8.55. The van der Waals surface area contributed by atoms with Crippen molar-refractivity contribution in [2.45, 2.75) is 38.6 Å². The number of hydrogen-bond donors (Lipinski definition) is 2. The molecule has 2 nitrogen and oxygen atoms in total. The van der Waals surface area contributed by atoms with Crippen molar-refractivity contribution < 1.29 is 0 Å². The van der Waals surface area contributed by atoms with Gasteiger partial charge in [-0.3, -0.25) is 11.3 Å². The first kappa shape index (κ1) is 11.2. The van der Waals surface area contributed by atoms with Gasteiger partial charge in [0.05, 0.1) is 0 Å². The van der Waals surface area contributed by atoms with E-state index in [4.69, 9.17) is 5.84 Å². The molecule has 2 fully saturated rings. The minimum Gasteiger partial charge on any atom is -0.271 e. The van der Waals surface area contributed by atoms with E-state index >= 15 is 0 Å². The van der Waals surface area contributed by atoms with Crippen LogP contribution in [0.1, 0.15) is 43.4 Å². The van der Waals surface area contributed by atoms with Crippen LogP contribution in [0.3, 0.4) is 0 Å². The molecule has 0 amide bonds. The highest BCUT2D eigenvalue weighted by Crippen LogP contribution is 2.56. The smallest absolute Gasteiger partial charge is 0.0488 e. The van der Waals surface area contributed by atoms with Gasteiger partial charge in [-0.25, -0.2) is 0 Å². The van der Waals surface area contributed by atoms with Gasteiger partial charge in [-0.05, 0) is 54.6 Å². The Balaban J connectivity index is 1.74. The molecule has 2 heteroatoms. The van der Waals surface area contributed by atoms with E-state index in [1.54, 1.807) is 0 Å². The van der Waals surface area contributed by atoms with Crippen LogP contribution in [0.15, 0.2) is 24.3 Å². The number of hydrazine groups is 1. The van der Waals surface area contributed by atoms with Gasteiger partial charge in [0.25, 0.3) is 0 Å². The molecule has 0 aliphatic heterocycles. The minimum absolute atomic E-state index is 0.355. The molecular weight excluding hydrogens is 208 g/mol. The Morgan fingerprint density at radius 2 is 1.82 bits per heavy atom. The molecule has 0 bridgehead atoms. The molecule has 17 heavy (non-hydrogen) atoms. The summed E-state index contributed by atoms with van der Waals surface area (Å²) in [4.78, 5) is 0. The van der Waals surface area contributed by atoms with E-state index in [0.29, 0.717) is 6.04 Å². The Hall–Kier alpha value is -0.860. The zero-order valence-electron chi connectivity index (χ0n) is 10.5. The van der Waals surface area contributed by atoms with E-state index in [1.165, 1.54) is 30.4 Å². The minimum atomic E-state index is 0.355. The van der Waals surface area contributed by atoms with Gasteiger partial charge in [-0.1, -0.05) is 31.2 Å². The standard InChI is InChI=1S/C15H22N2/c1-2-10-3-5-11(6-4-10)15(17-16)14-8-12-7-13(12)9-14/h3-6,12-15,17H,2,7-9,16H2,1H3. The third-order valence-electron chi connectivity index (χ3n) is 4.68. The summed E-state index contributed by atoms with van der Waals surface area (Å²) in [6, 6.07) is 9.30. The number of fused-ring (bicyclic) bond motifs is 1. The average Bonchev–Trinajstić information content (AvgIpc) is 2.98. The van der Waals surface area contributed by atoms with Crippen molar-refractivity contribution in [1.82, 2.24) is 5.43 Å². The lowest BCUT2D eigenvalue weighted by Gasteiger charge is -2.24. The molecular formula is C15H22N2. The van der Waals surface area contributed by atoms with Gasteiger partial charge in [-0.15, -0.1) is 0 Å². The molecule has 3 atom stereocenters. The van der Waals surface area contributed by atoms with Crippen molar-refractivity contribution >= 4 is 0 Å². The van der Waals surface area contributed by atoms with Crippen LogP contribution < -0.4 is 11.3 Å². The SMILES string of the molecule is CCc1ccc(C(NN)C2CC3CC3C2)cc1.